The van der Waals surface area contributed by atoms with Crippen molar-refractivity contribution in [3.8, 4) is 17.9 Å². The molecule has 0 radical (unpaired) electrons. The molecule has 0 saturated carbocycles. The van der Waals surface area contributed by atoms with Crippen molar-refractivity contribution in [3.63, 3.8) is 0 Å². The highest BCUT2D eigenvalue weighted by molar-refractivity contribution is 7.80. The van der Waals surface area contributed by atoms with Gasteiger partial charge in [-0.2, -0.15) is 5.26 Å². The molecule has 0 aliphatic heterocycles. The van der Waals surface area contributed by atoms with Crippen LogP contribution < -0.4 is 11.1 Å². The Bertz CT molecular complexity index is 448. The average molecular weight is 201 g/mol. The van der Waals surface area contributed by atoms with Crippen LogP contribution >= 0.6 is 12.2 Å². The molecule has 3 N–H and O–H groups in total. The number of rotatable bonds is 1. The highest BCUT2D eigenvalue weighted by Crippen LogP contribution is 2.08. The van der Waals surface area contributed by atoms with E-state index in [0.29, 0.717) is 0 Å². The lowest BCUT2D eigenvalue weighted by molar-refractivity contribution is 1.54. The van der Waals surface area contributed by atoms with Gasteiger partial charge in [0.15, 0.2) is 11.2 Å². The van der Waals surface area contributed by atoms with Crippen molar-refractivity contribution >= 4 is 23.0 Å². The third kappa shape index (κ3) is 3.14. The zero-order chi connectivity index (χ0) is 10.4. The van der Waals surface area contributed by atoms with E-state index in [9.17, 15) is 0 Å². The summed E-state index contributed by atoms with van der Waals surface area (Å²) >= 11 is 4.69. The molecule has 14 heavy (non-hydrogen) atoms. The Morgan fingerprint density at radius 1 is 1.50 bits per heavy atom. The molecular formula is C10H7N3S. The summed E-state index contributed by atoms with van der Waals surface area (Å²) in [4.78, 5) is 0. The first-order chi connectivity index (χ1) is 6.72. The van der Waals surface area contributed by atoms with E-state index >= 15 is 0 Å². The first kappa shape index (κ1) is 10.0. The molecule has 4 heteroatoms. The third-order valence-corrected chi connectivity index (χ3v) is 1.49. The Morgan fingerprint density at radius 2 is 2.29 bits per heavy atom. The molecule has 0 aliphatic rings. The lowest BCUT2D eigenvalue weighted by Gasteiger charge is -2.02. The Hall–Kier alpha value is -2.04. The molecule has 0 atom stereocenters. The molecule has 3 nitrogen and oxygen atoms in total. The van der Waals surface area contributed by atoms with Crippen molar-refractivity contribution in [1.29, 1.82) is 5.26 Å². The van der Waals surface area contributed by atoms with Crippen molar-refractivity contribution in [1.82, 2.24) is 0 Å². The van der Waals surface area contributed by atoms with Crippen LogP contribution in [-0.4, -0.2) is 5.11 Å². The summed E-state index contributed by atoms with van der Waals surface area (Å²) in [7, 11) is 0. The van der Waals surface area contributed by atoms with Gasteiger partial charge in [-0.3, -0.25) is 0 Å². The SMILES string of the molecule is N#CC#Cc1cccc(NC(N)=S)c1. The second kappa shape index (κ2) is 4.86. The number of hydrogen-bond donors (Lipinski definition) is 2. The molecule has 0 heterocycles. The molecule has 0 saturated heterocycles. The van der Waals surface area contributed by atoms with Gasteiger partial charge in [-0.15, -0.1) is 0 Å². The topological polar surface area (TPSA) is 61.8 Å². The summed E-state index contributed by atoms with van der Waals surface area (Å²) < 4.78 is 0. The zero-order valence-electron chi connectivity index (χ0n) is 7.24. The molecule has 0 aromatic heterocycles. The zero-order valence-corrected chi connectivity index (χ0v) is 8.06. The quantitative estimate of drug-likeness (QED) is 0.529. The molecule has 1 rings (SSSR count). The Labute approximate surface area is 87.5 Å². The summed E-state index contributed by atoms with van der Waals surface area (Å²) in [6.45, 7) is 0. The first-order valence-corrected chi connectivity index (χ1v) is 4.20. The molecular weight excluding hydrogens is 194 g/mol. The summed E-state index contributed by atoms with van der Waals surface area (Å²) in [5.41, 5.74) is 6.82. The van der Waals surface area contributed by atoms with Gasteiger partial charge in [-0.1, -0.05) is 12.0 Å². The normalized spacial score (nSPS) is 7.93. The van der Waals surface area contributed by atoms with Crippen LogP contribution in [0.4, 0.5) is 5.69 Å². The molecule has 1 aromatic rings. The maximum absolute atomic E-state index is 8.26. The van der Waals surface area contributed by atoms with Crippen LogP contribution in [0.5, 0.6) is 0 Å². The van der Waals surface area contributed by atoms with Crippen LogP contribution in [0.1, 0.15) is 5.56 Å². The summed E-state index contributed by atoms with van der Waals surface area (Å²) in [5.74, 6) is 4.98. The Kier molecular flexibility index (Phi) is 3.49. The maximum Gasteiger partial charge on any atom is 0.168 e. The lowest BCUT2D eigenvalue weighted by atomic mass is 10.2. The van der Waals surface area contributed by atoms with Crippen molar-refractivity contribution < 1.29 is 0 Å². The highest BCUT2D eigenvalue weighted by atomic mass is 32.1. The molecule has 0 aliphatic carbocycles. The van der Waals surface area contributed by atoms with Crippen LogP contribution in [0, 0.1) is 23.2 Å². The smallest absolute Gasteiger partial charge is 0.168 e. The van der Waals surface area contributed by atoms with Gasteiger partial charge in [0.2, 0.25) is 0 Å². The van der Waals surface area contributed by atoms with Gasteiger partial charge in [0, 0.05) is 17.2 Å². The van der Waals surface area contributed by atoms with Crippen LogP contribution in [0.15, 0.2) is 24.3 Å². The number of nitriles is 1. The molecule has 0 bridgehead atoms. The first-order valence-electron chi connectivity index (χ1n) is 3.79. The summed E-state index contributed by atoms with van der Waals surface area (Å²) in [6.07, 6.45) is 0. The minimum absolute atomic E-state index is 0.204. The van der Waals surface area contributed by atoms with Crippen LogP contribution in [0.3, 0.4) is 0 Å². The number of nitrogens with one attached hydrogen (secondary N) is 1. The van der Waals surface area contributed by atoms with Gasteiger partial charge in [-0.25, -0.2) is 0 Å². The van der Waals surface area contributed by atoms with E-state index in [4.69, 9.17) is 11.0 Å². The van der Waals surface area contributed by atoms with Crippen LogP contribution in [0.25, 0.3) is 0 Å². The largest absolute Gasteiger partial charge is 0.376 e. The number of hydrogen-bond acceptors (Lipinski definition) is 2. The Morgan fingerprint density at radius 3 is 2.93 bits per heavy atom. The van der Waals surface area contributed by atoms with Gasteiger partial charge >= 0.3 is 0 Å². The molecule has 68 valence electrons. The number of nitrogens with zero attached hydrogens (tertiary/aromatic N) is 1. The summed E-state index contributed by atoms with van der Waals surface area (Å²) in [6, 6.07) is 8.94. The molecule has 1 aromatic carbocycles. The fourth-order valence-corrected chi connectivity index (χ4v) is 1.03. The van der Waals surface area contributed by atoms with E-state index in [-0.39, 0.29) is 5.11 Å². The fraction of sp³-hybridized carbons (Fsp3) is 0. The second-order valence-corrected chi connectivity index (χ2v) is 2.87. The van der Waals surface area contributed by atoms with Gasteiger partial charge in [0.1, 0.15) is 0 Å². The predicted molar refractivity (Wildman–Crippen MR) is 59.3 cm³/mol. The minimum atomic E-state index is 0.204. The van der Waals surface area contributed by atoms with Crippen molar-refractivity contribution in [2.24, 2.45) is 5.73 Å². The Balaban J connectivity index is 2.90. The monoisotopic (exact) mass is 201 g/mol. The third-order valence-electron chi connectivity index (χ3n) is 1.39. The molecule has 0 unspecified atom stereocenters. The molecule has 0 amide bonds. The number of anilines is 1. The van der Waals surface area contributed by atoms with E-state index in [0.717, 1.165) is 11.3 Å². The highest BCUT2D eigenvalue weighted by Gasteiger charge is 1.93. The van der Waals surface area contributed by atoms with Gasteiger partial charge in [-0.05, 0) is 30.4 Å². The lowest BCUT2D eigenvalue weighted by Crippen LogP contribution is -2.18. The van der Waals surface area contributed by atoms with Gasteiger partial charge in [0.25, 0.3) is 0 Å². The minimum Gasteiger partial charge on any atom is -0.376 e. The second-order valence-electron chi connectivity index (χ2n) is 2.43. The predicted octanol–water partition coefficient (Wildman–Crippen LogP) is 1.22. The molecule has 0 fully saturated rings. The van der Waals surface area contributed by atoms with Crippen molar-refractivity contribution in [2.45, 2.75) is 0 Å². The number of thiocarbonyl (C=S) groups is 1. The number of benzene rings is 1. The van der Waals surface area contributed by atoms with E-state index in [1.165, 1.54) is 0 Å². The van der Waals surface area contributed by atoms with Crippen molar-refractivity contribution in [3.05, 3.63) is 29.8 Å². The van der Waals surface area contributed by atoms with Gasteiger partial charge < -0.3 is 11.1 Å². The van der Waals surface area contributed by atoms with Crippen molar-refractivity contribution in [2.75, 3.05) is 5.32 Å². The fourth-order valence-electron chi connectivity index (χ4n) is 0.917. The van der Waals surface area contributed by atoms with E-state index < -0.39 is 0 Å². The van der Waals surface area contributed by atoms with E-state index in [2.05, 4.69) is 29.4 Å². The van der Waals surface area contributed by atoms with Gasteiger partial charge in [0.05, 0.1) is 0 Å². The molecule has 0 spiro atoms. The van der Waals surface area contributed by atoms with E-state index in [1.807, 2.05) is 12.1 Å². The summed E-state index contributed by atoms with van der Waals surface area (Å²) in [5, 5.41) is 11.2. The average Bonchev–Trinajstić information content (AvgIpc) is 2.14. The van der Waals surface area contributed by atoms with Crippen LogP contribution in [-0.2, 0) is 0 Å². The number of nitrogens with two attached hydrogens (primary N) is 1. The standard InChI is InChI=1S/C10H7N3S/c11-6-2-4-8-3-1-5-9(7-8)13-10(12)14/h1,3,5,7H,(H3,12,13,14). The maximum atomic E-state index is 8.26. The van der Waals surface area contributed by atoms with E-state index in [1.54, 1.807) is 18.2 Å². The van der Waals surface area contributed by atoms with Crippen LogP contribution in [0.2, 0.25) is 0 Å².